The lowest BCUT2D eigenvalue weighted by Gasteiger charge is -2.09. The minimum atomic E-state index is -0.357. The molecular formula is C19H14Cl2N2O2. The first-order chi connectivity index (χ1) is 12.1. The van der Waals surface area contributed by atoms with Crippen molar-refractivity contribution in [2.24, 2.45) is 5.10 Å². The van der Waals surface area contributed by atoms with Crippen LogP contribution in [0.4, 0.5) is 0 Å². The molecular weight excluding hydrogens is 359 g/mol. The van der Waals surface area contributed by atoms with Crippen molar-refractivity contribution in [3.63, 3.8) is 0 Å². The van der Waals surface area contributed by atoms with Crippen LogP contribution in [-0.2, 0) is 4.79 Å². The zero-order valence-electron chi connectivity index (χ0n) is 13.1. The Hall–Kier alpha value is -2.56. The third kappa shape index (κ3) is 4.50. The number of ether oxygens (including phenoxy) is 1. The average molecular weight is 373 g/mol. The van der Waals surface area contributed by atoms with Crippen molar-refractivity contribution in [2.75, 3.05) is 6.61 Å². The normalized spacial score (nSPS) is 11.0. The first-order valence-electron chi connectivity index (χ1n) is 7.51. The van der Waals surface area contributed by atoms with Gasteiger partial charge in [0.2, 0.25) is 0 Å². The summed E-state index contributed by atoms with van der Waals surface area (Å²) >= 11 is 12.0. The second-order valence-corrected chi connectivity index (χ2v) is 6.07. The average Bonchev–Trinajstić information content (AvgIpc) is 2.63. The number of carbonyl (C=O) groups excluding carboxylic acids is 1. The number of hydrogen-bond acceptors (Lipinski definition) is 3. The first-order valence-corrected chi connectivity index (χ1v) is 8.26. The van der Waals surface area contributed by atoms with E-state index >= 15 is 0 Å². The number of carbonyl (C=O) groups is 1. The fourth-order valence-electron chi connectivity index (χ4n) is 2.26. The number of nitrogens with one attached hydrogen (secondary N) is 1. The number of benzene rings is 3. The van der Waals surface area contributed by atoms with Gasteiger partial charge in [0.1, 0.15) is 5.75 Å². The van der Waals surface area contributed by atoms with E-state index in [0.29, 0.717) is 15.8 Å². The molecule has 0 saturated carbocycles. The van der Waals surface area contributed by atoms with Gasteiger partial charge < -0.3 is 4.74 Å². The van der Waals surface area contributed by atoms with Crippen molar-refractivity contribution in [3.05, 3.63) is 76.3 Å². The van der Waals surface area contributed by atoms with Crippen molar-refractivity contribution in [2.45, 2.75) is 0 Å². The minimum Gasteiger partial charge on any atom is -0.483 e. The minimum absolute atomic E-state index is 0.149. The van der Waals surface area contributed by atoms with Crippen LogP contribution in [0.5, 0.6) is 5.75 Å². The molecule has 25 heavy (non-hydrogen) atoms. The summed E-state index contributed by atoms with van der Waals surface area (Å²) in [5, 5.41) is 6.91. The Labute approximate surface area is 155 Å². The molecule has 0 unspecified atom stereocenters. The van der Waals surface area contributed by atoms with Gasteiger partial charge in [-0.3, -0.25) is 4.79 Å². The number of hydrazone groups is 1. The summed E-state index contributed by atoms with van der Waals surface area (Å²) in [6, 6.07) is 18.2. The van der Waals surface area contributed by atoms with Crippen LogP contribution in [0.25, 0.3) is 10.8 Å². The number of nitrogens with zero attached hydrogens (tertiary/aromatic N) is 1. The van der Waals surface area contributed by atoms with Crippen LogP contribution < -0.4 is 10.2 Å². The van der Waals surface area contributed by atoms with Crippen LogP contribution in [0.15, 0.2) is 65.8 Å². The van der Waals surface area contributed by atoms with Crippen molar-refractivity contribution in [1.29, 1.82) is 0 Å². The number of amides is 1. The first kappa shape index (κ1) is 17.3. The molecule has 0 radical (unpaired) electrons. The molecule has 1 amide bonds. The third-order valence-corrected chi connectivity index (χ3v) is 4.04. The van der Waals surface area contributed by atoms with E-state index in [2.05, 4.69) is 10.5 Å². The quantitative estimate of drug-likeness (QED) is 0.522. The summed E-state index contributed by atoms with van der Waals surface area (Å²) in [5.41, 5.74) is 3.25. The maximum atomic E-state index is 11.9. The number of rotatable bonds is 5. The van der Waals surface area contributed by atoms with Gasteiger partial charge in [0.15, 0.2) is 6.61 Å². The molecule has 0 heterocycles. The van der Waals surface area contributed by atoms with Crippen LogP contribution >= 0.6 is 23.2 Å². The predicted octanol–water partition coefficient (Wildman–Crippen LogP) is 4.68. The second kappa shape index (κ2) is 8.01. The summed E-state index contributed by atoms with van der Waals surface area (Å²) in [7, 11) is 0. The summed E-state index contributed by atoms with van der Waals surface area (Å²) in [6.45, 7) is -0.149. The van der Waals surface area contributed by atoms with Gasteiger partial charge in [0.05, 0.1) is 6.21 Å². The molecule has 126 valence electrons. The molecule has 3 aromatic carbocycles. The third-order valence-electron chi connectivity index (χ3n) is 3.46. The van der Waals surface area contributed by atoms with Gasteiger partial charge >= 0.3 is 0 Å². The topological polar surface area (TPSA) is 50.7 Å². The van der Waals surface area contributed by atoms with Crippen LogP contribution in [0.3, 0.4) is 0 Å². The Kier molecular flexibility index (Phi) is 5.53. The van der Waals surface area contributed by atoms with Gasteiger partial charge in [-0.1, -0.05) is 59.6 Å². The van der Waals surface area contributed by atoms with Crippen LogP contribution in [0, 0.1) is 0 Å². The fourth-order valence-corrected chi connectivity index (χ4v) is 2.62. The van der Waals surface area contributed by atoms with Crippen molar-refractivity contribution in [3.8, 4) is 5.75 Å². The van der Waals surface area contributed by atoms with Gasteiger partial charge in [-0.2, -0.15) is 5.10 Å². The molecule has 0 bridgehead atoms. The summed E-state index contributed by atoms with van der Waals surface area (Å²) < 4.78 is 5.59. The number of fused-ring (bicyclic) bond motifs is 1. The van der Waals surface area contributed by atoms with E-state index in [1.807, 2.05) is 24.3 Å². The summed E-state index contributed by atoms with van der Waals surface area (Å²) in [5.74, 6) is 0.237. The predicted molar refractivity (Wildman–Crippen MR) is 102 cm³/mol. The van der Waals surface area contributed by atoms with Crippen molar-refractivity contribution in [1.82, 2.24) is 5.43 Å². The Bertz CT molecular complexity index is 924. The SMILES string of the molecule is O=C(COc1ccc(Cl)c2ccccc12)NN=Cc1ccc(Cl)cc1. The van der Waals surface area contributed by atoms with E-state index in [-0.39, 0.29) is 12.5 Å². The highest BCUT2D eigenvalue weighted by Crippen LogP contribution is 2.31. The highest BCUT2D eigenvalue weighted by Gasteiger charge is 2.07. The van der Waals surface area contributed by atoms with Gasteiger partial charge in [-0.05, 0) is 29.8 Å². The van der Waals surface area contributed by atoms with Crippen LogP contribution in [0.1, 0.15) is 5.56 Å². The molecule has 0 saturated heterocycles. The Morgan fingerprint density at radius 2 is 1.72 bits per heavy atom. The van der Waals surface area contributed by atoms with E-state index in [0.717, 1.165) is 16.3 Å². The molecule has 1 N–H and O–H groups in total. The highest BCUT2D eigenvalue weighted by atomic mass is 35.5. The van der Waals surface area contributed by atoms with E-state index < -0.39 is 0 Å². The Morgan fingerprint density at radius 1 is 1.00 bits per heavy atom. The molecule has 0 aliphatic heterocycles. The van der Waals surface area contributed by atoms with E-state index in [9.17, 15) is 4.79 Å². The van der Waals surface area contributed by atoms with E-state index in [1.165, 1.54) is 6.21 Å². The van der Waals surface area contributed by atoms with E-state index in [1.54, 1.807) is 36.4 Å². The smallest absolute Gasteiger partial charge is 0.277 e. The molecule has 3 aromatic rings. The van der Waals surface area contributed by atoms with Gasteiger partial charge in [-0.25, -0.2) is 5.43 Å². The molecule has 3 rings (SSSR count). The lowest BCUT2D eigenvalue weighted by molar-refractivity contribution is -0.123. The maximum Gasteiger partial charge on any atom is 0.277 e. The Balaban J connectivity index is 1.59. The number of halogens is 2. The largest absolute Gasteiger partial charge is 0.483 e. The highest BCUT2D eigenvalue weighted by molar-refractivity contribution is 6.35. The Morgan fingerprint density at radius 3 is 2.48 bits per heavy atom. The van der Waals surface area contributed by atoms with E-state index in [4.69, 9.17) is 27.9 Å². The van der Waals surface area contributed by atoms with Gasteiger partial charge in [-0.15, -0.1) is 0 Å². The lowest BCUT2D eigenvalue weighted by Crippen LogP contribution is -2.24. The summed E-state index contributed by atoms with van der Waals surface area (Å²) in [4.78, 5) is 11.9. The number of hydrogen-bond donors (Lipinski definition) is 1. The lowest BCUT2D eigenvalue weighted by atomic mass is 10.1. The monoisotopic (exact) mass is 372 g/mol. The van der Waals surface area contributed by atoms with Crippen molar-refractivity contribution >= 4 is 46.1 Å². The molecule has 0 spiro atoms. The van der Waals surface area contributed by atoms with Gasteiger partial charge in [0.25, 0.3) is 5.91 Å². The van der Waals surface area contributed by atoms with Crippen LogP contribution in [-0.4, -0.2) is 18.7 Å². The maximum absolute atomic E-state index is 11.9. The standard InChI is InChI=1S/C19H14Cl2N2O2/c20-14-7-5-13(6-8-14)11-22-23-19(24)12-25-18-10-9-17(21)15-3-1-2-4-16(15)18/h1-11H,12H2,(H,23,24). The zero-order chi connectivity index (χ0) is 17.6. The zero-order valence-corrected chi connectivity index (χ0v) is 14.6. The fraction of sp³-hybridized carbons (Fsp3) is 0.0526. The molecule has 0 aromatic heterocycles. The molecule has 0 aliphatic carbocycles. The molecule has 0 atom stereocenters. The second-order valence-electron chi connectivity index (χ2n) is 5.22. The molecule has 6 heteroatoms. The van der Waals surface area contributed by atoms with Crippen LogP contribution in [0.2, 0.25) is 10.0 Å². The molecule has 0 aliphatic rings. The molecule has 4 nitrogen and oxygen atoms in total. The van der Waals surface area contributed by atoms with Gasteiger partial charge in [0, 0.05) is 20.8 Å². The summed E-state index contributed by atoms with van der Waals surface area (Å²) in [6.07, 6.45) is 1.53. The van der Waals surface area contributed by atoms with Crippen molar-refractivity contribution < 1.29 is 9.53 Å². The molecule has 0 fully saturated rings.